The molecule has 0 aliphatic carbocycles. The van der Waals surface area contributed by atoms with Crippen LogP contribution >= 0.6 is 0 Å². The second-order valence-electron chi connectivity index (χ2n) is 7.14. The molecule has 2 heterocycles. The standard InChI is InChI=1S/C22H27N5O3/c1-2-27-13-7-9-17(27)15-25-21(29)22(30)26-19-11-4-3-10-18(19)20(28)24-14-16-8-5-6-12-23-16/h3-6,8,10-12,17H,2,7,9,13-15H2,1H3,(H,24,28)(H,25,29)(H,26,30)/t17-/m1/s1. The predicted octanol–water partition coefficient (Wildman–Crippen LogP) is 1.55. The normalized spacial score (nSPS) is 16.1. The predicted molar refractivity (Wildman–Crippen MR) is 114 cm³/mol. The van der Waals surface area contributed by atoms with Gasteiger partial charge >= 0.3 is 11.8 Å². The monoisotopic (exact) mass is 409 g/mol. The van der Waals surface area contributed by atoms with E-state index in [1.807, 2.05) is 12.1 Å². The van der Waals surface area contributed by atoms with Gasteiger partial charge in [-0.3, -0.25) is 24.3 Å². The molecule has 1 aromatic carbocycles. The average Bonchev–Trinajstić information content (AvgIpc) is 3.24. The number of nitrogens with zero attached hydrogens (tertiary/aromatic N) is 2. The maximum absolute atomic E-state index is 12.6. The second kappa shape index (κ2) is 10.5. The fraction of sp³-hybridized carbons (Fsp3) is 0.364. The molecule has 2 aromatic rings. The molecule has 8 heteroatoms. The number of hydrogen-bond acceptors (Lipinski definition) is 5. The molecule has 3 amide bonds. The van der Waals surface area contributed by atoms with Gasteiger partial charge in [0, 0.05) is 18.8 Å². The maximum atomic E-state index is 12.6. The number of benzene rings is 1. The van der Waals surface area contributed by atoms with Gasteiger partial charge in [-0.25, -0.2) is 0 Å². The molecule has 0 unspecified atom stereocenters. The lowest BCUT2D eigenvalue weighted by molar-refractivity contribution is -0.136. The van der Waals surface area contributed by atoms with Crippen molar-refractivity contribution in [2.75, 3.05) is 25.0 Å². The van der Waals surface area contributed by atoms with Crippen LogP contribution in [-0.2, 0) is 16.1 Å². The molecule has 0 bridgehead atoms. The van der Waals surface area contributed by atoms with E-state index in [4.69, 9.17) is 0 Å². The number of pyridine rings is 1. The van der Waals surface area contributed by atoms with Crippen LogP contribution in [-0.4, -0.2) is 53.3 Å². The van der Waals surface area contributed by atoms with Crippen molar-refractivity contribution < 1.29 is 14.4 Å². The van der Waals surface area contributed by atoms with Gasteiger partial charge in [0.25, 0.3) is 5.91 Å². The number of nitrogens with one attached hydrogen (secondary N) is 3. The van der Waals surface area contributed by atoms with Crippen LogP contribution in [0.15, 0.2) is 48.7 Å². The Hall–Kier alpha value is -3.26. The van der Waals surface area contributed by atoms with E-state index in [9.17, 15) is 14.4 Å². The molecular formula is C22H27N5O3. The topological polar surface area (TPSA) is 103 Å². The first-order chi connectivity index (χ1) is 14.6. The summed E-state index contributed by atoms with van der Waals surface area (Å²) in [4.78, 5) is 43.6. The SMILES string of the molecule is CCN1CCC[C@@H]1CNC(=O)C(=O)Nc1ccccc1C(=O)NCc1ccccn1. The zero-order valence-corrected chi connectivity index (χ0v) is 17.1. The van der Waals surface area contributed by atoms with Crippen LogP contribution in [0.3, 0.4) is 0 Å². The van der Waals surface area contributed by atoms with Gasteiger partial charge in [0.1, 0.15) is 0 Å². The van der Waals surface area contributed by atoms with Crippen molar-refractivity contribution >= 4 is 23.4 Å². The lowest BCUT2D eigenvalue weighted by Crippen LogP contribution is -2.43. The van der Waals surface area contributed by atoms with Crippen molar-refractivity contribution in [1.29, 1.82) is 0 Å². The molecule has 0 spiro atoms. The van der Waals surface area contributed by atoms with Gasteiger partial charge in [-0.15, -0.1) is 0 Å². The van der Waals surface area contributed by atoms with E-state index < -0.39 is 11.8 Å². The molecule has 3 rings (SSSR count). The summed E-state index contributed by atoms with van der Waals surface area (Å²) in [7, 11) is 0. The number of aromatic nitrogens is 1. The highest BCUT2D eigenvalue weighted by atomic mass is 16.2. The van der Waals surface area contributed by atoms with Gasteiger partial charge in [0.05, 0.1) is 23.5 Å². The minimum absolute atomic E-state index is 0.261. The zero-order chi connectivity index (χ0) is 21.3. The Morgan fingerprint density at radius 2 is 1.87 bits per heavy atom. The molecule has 3 N–H and O–H groups in total. The number of carbonyl (C=O) groups excluding carboxylic acids is 3. The van der Waals surface area contributed by atoms with Crippen LogP contribution in [0, 0.1) is 0 Å². The van der Waals surface area contributed by atoms with Crippen molar-refractivity contribution in [3.63, 3.8) is 0 Å². The number of anilines is 1. The van der Waals surface area contributed by atoms with E-state index in [-0.39, 0.29) is 29.7 Å². The van der Waals surface area contributed by atoms with Crippen LogP contribution in [0.1, 0.15) is 35.8 Å². The van der Waals surface area contributed by atoms with Crippen molar-refractivity contribution in [2.24, 2.45) is 0 Å². The first kappa shape index (κ1) is 21.4. The van der Waals surface area contributed by atoms with Crippen LogP contribution in [0.25, 0.3) is 0 Å². The Bertz CT molecular complexity index is 887. The molecular weight excluding hydrogens is 382 g/mol. The van der Waals surface area contributed by atoms with Gasteiger partial charge in [0.2, 0.25) is 0 Å². The summed E-state index contributed by atoms with van der Waals surface area (Å²) < 4.78 is 0. The molecule has 1 saturated heterocycles. The summed E-state index contributed by atoms with van der Waals surface area (Å²) in [5.41, 5.74) is 1.29. The lowest BCUT2D eigenvalue weighted by atomic mass is 10.1. The van der Waals surface area contributed by atoms with Gasteiger partial charge in [0.15, 0.2) is 0 Å². The highest BCUT2D eigenvalue weighted by Crippen LogP contribution is 2.16. The molecule has 1 atom stereocenters. The van der Waals surface area contributed by atoms with Crippen LogP contribution < -0.4 is 16.0 Å². The Morgan fingerprint density at radius 1 is 1.07 bits per heavy atom. The number of para-hydroxylation sites is 1. The third-order valence-corrected chi connectivity index (χ3v) is 5.19. The zero-order valence-electron chi connectivity index (χ0n) is 17.1. The first-order valence-electron chi connectivity index (χ1n) is 10.2. The Balaban J connectivity index is 1.56. The number of likely N-dealkylation sites (N-methyl/N-ethyl adjacent to an activating group) is 1. The smallest absolute Gasteiger partial charge is 0.313 e. The Morgan fingerprint density at radius 3 is 2.63 bits per heavy atom. The van der Waals surface area contributed by atoms with Gasteiger partial charge in [-0.05, 0) is 50.2 Å². The van der Waals surface area contributed by atoms with Crippen LogP contribution in [0.5, 0.6) is 0 Å². The maximum Gasteiger partial charge on any atom is 0.313 e. The van der Waals surface area contributed by atoms with Crippen molar-refractivity contribution in [1.82, 2.24) is 20.5 Å². The molecule has 30 heavy (non-hydrogen) atoms. The third-order valence-electron chi connectivity index (χ3n) is 5.19. The van der Waals surface area contributed by atoms with E-state index in [0.29, 0.717) is 6.54 Å². The van der Waals surface area contributed by atoms with E-state index in [0.717, 1.165) is 31.6 Å². The van der Waals surface area contributed by atoms with Gasteiger partial charge in [-0.1, -0.05) is 25.1 Å². The molecule has 158 valence electrons. The fourth-order valence-corrected chi connectivity index (χ4v) is 3.57. The second-order valence-corrected chi connectivity index (χ2v) is 7.14. The molecule has 1 fully saturated rings. The minimum atomic E-state index is -0.791. The Labute approximate surface area is 176 Å². The van der Waals surface area contributed by atoms with Gasteiger partial charge in [-0.2, -0.15) is 0 Å². The molecule has 0 saturated carbocycles. The summed E-state index contributed by atoms with van der Waals surface area (Å²) in [6.07, 6.45) is 3.76. The number of carbonyl (C=O) groups is 3. The molecule has 1 aromatic heterocycles. The summed E-state index contributed by atoms with van der Waals surface area (Å²) in [5, 5.41) is 8.02. The first-order valence-corrected chi connectivity index (χ1v) is 10.2. The van der Waals surface area contributed by atoms with E-state index in [1.54, 1.807) is 36.5 Å². The number of likely N-dealkylation sites (tertiary alicyclic amines) is 1. The summed E-state index contributed by atoms with van der Waals surface area (Å²) >= 11 is 0. The number of hydrogen-bond donors (Lipinski definition) is 3. The average molecular weight is 409 g/mol. The highest BCUT2D eigenvalue weighted by Gasteiger charge is 2.25. The van der Waals surface area contributed by atoms with E-state index in [2.05, 4.69) is 32.8 Å². The number of amides is 3. The van der Waals surface area contributed by atoms with E-state index in [1.165, 1.54) is 0 Å². The lowest BCUT2D eigenvalue weighted by Gasteiger charge is -2.22. The summed E-state index contributed by atoms with van der Waals surface area (Å²) in [6, 6.07) is 12.3. The largest absolute Gasteiger partial charge is 0.346 e. The quantitative estimate of drug-likeness (QED) is 0.602. The summed E-state index contributed by atoms with van der Waals surface area (Å²) in [5.74, 6) is -1.86. The van der Waals surface area contributed by atoms with Crippen molar-refractivity contribution in [2.45, 2.75) is 32.4 Å². The van der Waals surface area contributed by atoms with Crippen molar-refractivity contribution in [3.05, 3.63) is 59.9 Å². The summed E-state index contributed by atoms with van der Waals surface area (Å²) in [6.45, 7) is 4.73. The fourth-order valence-electron chi connectivity index (χ4n) is 3.57. The molecule has 1 aliphatic rings. The van der Waals surface area contributed by atoms with Crippen LogP contribution in [0.4, 0.5) is 5.69 Å². The molecule has 8 nitrogen and oxygen atoms in total. The van der Waals surface area contributed by atoms with Crippen molar-refractivity contribution in [3.8, 4) is 0 Å². The molecule has 0 radical (unpaired) electrons. The third kappa shape index (κ3) is 5.64. The molecule has 1 aliphatic heterocycles. The Kier molecular flexibility index (Phi) is 7.51. The highest BCUT2D eigenvalue weighted by molar-refractivity contribution is 6.40. The number of rotatable bonds is 7. The van der Waals surface area contributed by atoms with Crippen LogP contribution in [0.2, 0.25) is 0 Å². The van der Waals surface area contributed by atoms with E-state index >= 15 is 0 Å². The van der Waals surface area contributed by atoms with Gasteiger partial charge < -0.3 is 16.0 Å². The minimum Gasteiger partial charge on any atom is -0.346 e.